The van der Waals surface area contributed by atoms with Crippen LogP contribution in [0.25, 0.3) is 11.6 Å². The molecule has 0 bridgehead atoms. The van der Waals surface area contributed by atoms with E-state index in [0.29, 0.717) is 11.6 Å². The number of nitrogen functional groups attached to an aromatic ring is 1. The van der Waals surface area contributed by atoms with Crippen LogP contribution in [0.1, 0.15) is 11.3 Å². The van der Waals surface area contributed by atoms with Crippen molar-refractivity contribution in [3.05, 3.63) is 35.5 Å². The van der Waals surface area contributed by atoms with Crippen molar-refractivity contribution >= 4 is 29.5 Å². The number of aliphatic imine (C=N–C) groups is 1. The van der Waals surface area contributed by atoms with E-state index in [0.717, 1.165) is 16.8 Å². The minimum Gasteiger partial charge on any atom is -0.481 e. The highest BCUT2D eigenvalue weighted by Gasteiger charge is 2.18. The van der Waals surface area contributed by atoms with Gasteiger partial charge in [0.2, 0.25) is 0 Å². The molecule has 90 valence electrons. The summed E-state index contributed by atoms with van der Waals surface area (Å²) in [5, 5.41) is 9.78. The second-order valence-electron chi connectivity index (χ2n) is 4.18. The lowest BCUT2D eigenvalue weighted by molar-refractivity contribution is -0.657. The van der Waals surface area contributed by atoms with Crippen LogP contribution in [-0.2, 0) is 7.05 Å². The van der Waals surface area contributed by atoms with E-state index in [1.807, 2.05) is 30.3 Å². The second-order valence-corrected chi connectivity index (χ2v) is 4.18. The molecule has 1 aliphatic rings. The first-order chi connectivity index (χ1) is 8.66. The van der Waals surface area contributed by atoms with Gasteiger partial charge in [-0.1, -0.05) is 18.2 Å². The summed E-state index contributed by atoms with van der Waals surface area (Å²) in [6.45, 7) is 0. The monoisotopic (exact) mass is 241 g/mol. The van der Waals surface area contributed by atoms with Crippen LogP contribution in [0.3, 0.4) is 0 Å². The summed E-state index contributed by atoms with van der Waals surface area (Å²) in [6.07, 6.45) is 3.64. The average molecular weight is 241 g/mol. The lowest BCUT2D eigenvalue weighted by Crippen LogP contribution is -2.32. The van der Waals surface area contributed by atoms with Gasteiger partial charge in [0.15, 0.2) is 5.69 Å². The highest BCUT2D eigenvalue weighted by molar-refractivity contribution is 6.21. The van der Waals surface area contributed by atoms with Crippen molar-refractivity contribution in [2.24, 2.45) is 12.0 Å². The molecule has 18 heavy (non-hydrogen) atoms. The van der Waals surface area contributed by atoms with Crippen LogP contribution < -0.4 is 10.3 Å². The van der Waals surface area contributed by atoms with Gasteiger partial charge in [-0.25, -0.2) is 9.55 Å². The third-order valence-corrected chi connectivity index (χ3v) is 3.06. The Balaban J connectivity index is 2.12. The zero-order chi connectivity index (χ0) is 12.7. The molecule has 0 saturated heterocycles. The number of imidazole rings is 1. The number of aromatic hydroxyl groups is 1. The number of hydrogen-bond donors (Lipinski definition) is 3. The summed E-state index contributed by atoms with van der Waals surface area (Å²) in [4.78, 5) is 7.00. The van der Waals surface area contributed by atoms with Gasteiger partial charge in [-0.3, -0.25) is 10.7 Å². The highest BCUT2D eigenvalue weighted by Crippen LogP contribution is 2.32. The molecule has 0 amide bonds. The van der Waals surface area contributed by atoms with E-state index in [9.17, 15) is 5.11 Å². The van der Waals surface area contributed by atoms with Crippen molar-refractivity contribution in [1.82, 2.24) is 4.98 Å². The first-order valence-electron chi connectivity index (χ1n) is 5.58. The van der Waals surface area contributed by atoms with Gasteiger partial charge in [0.1, 0.15) is 0 Å². The van der Waals surface area contributed by atoms with Crippen LogP contribution in [0.4, 0.5) is 11.6 Å². The SMILES string of the molecule is C[n+]1c(N)[nH]c(O)c1/C=C1\C=Nc2ccccc21. The lowest BCUT2D eigenvalue weighted by Gasteiger charge is -1.98. The summed E-state index contributed by atoms with van der Waals surface area (Å²) in [5.41, 5.74) is 9.27. The Labute approximate surface area is 104 Å². The third kappa shape index (κ3) is 1.48. The Morgan fingerprint density at radius 2 is 2.17 bits per heavy atom. The van der Waals surface area contributed by atoms with Crippen LogP contribution in [0, 0.1) is 0 Å². The molecular formula is C13H13N4O+. The molecule has 2 aromatic rings. The maximum Gasteiger partial charge on any atom is 0.355 e. The smallest absolute Gasteiger partial charge is 0.355 e. The number of aromatic nitrogens is 2. The highest BCUT2D eigenvalue weighted by atomic mass is 16.3. The minimum atomic E-state index is 0.0558. The lowest BCUT2D eigenvalue weighted by atomic mass is 10.1. The fourth-order valence-electron chi connectivity index (χ4n) is 2.02. The molecule has 3 rings (SSSR count). The van der Waals surface area contributed by atoms with E-state index in [-0.39, 0.29) is 5.88 Å². The van der Waals surface area contributed by atoms with Gasteiger partial charge < -0.3 is 5.11 Å². The van der Waals surface area contributed by atoms with Crippen molar-refractivity contribution in [2.45, 2.75) is 0 Å². The first-order valence-corrected chi connectivity index (χ1v) is 5.58. The second kappa shape index (κ2) is 3.73. The largest absolute Gasteiger partial charge is 0.481 e. The number of nitrogens with two attached hydrogens (primary N) is 1. The number of hydrogen-bond acceptors (Lipinski definition) is 3. The van der Waals surface area contributed by atoms with Gasteiger partial charge in [0.25, 0.3) is 5.88 Å². The quantitative estimate of drug-likeness (QED) is 0.659. The molecule has 1 aromatic carbocycles. The summed E-state index contributed by atoms with van der Waals surface area (Å²) >= 11 is 0. The number of rotatable bonds is 1. The van der Waals surface area contributed by atoms with Gasteiger partial charge in [-0.2, -0.15) is 0 Å². The van der Waals surface area contributed by atoms with Crippen molar-refractivity contribution in [3.8, 4) is 5.88 Å². The maximum atomic E-state index is 9.78. The molecular weight excluding hydrogens is 228 g/mol. The van der Waals surface area contributed by atoms with E-state index < -0.39 is 0 Å². The summed E-state index contributed by atoms with van der Waals surface area (Å²) in [7, 11) is 1.79. The molecule has 1 aromatic heterocycles. The third-order valence-electron chi connectivity index (χ3n) is 3.06. The summed E-state index contributed by atoms with van der Waals surface area (Å²) < 4.78 is 1.69. The topological polar surface area (TPSA) is 78.3 Å². The Morgan fingerprint density at radius 1 is 1.39 bits per heavy atom. The molecule has 0 unspecified atom stereocenters. The molecule has 1 aliphatic heterocycles. The number of aromatic amines is 1. The molecule has 2 heterocycles. The molecule has 0 atom stereocenters. The van der Waals surface area contributed by atoms with E-state index in [4.69, 9.17) is 5.73 Å². The Kier molecular flexibility index (Phi) is 2.19. The zero-order valence-electron chi connectivity index (χ0n) is 9.88. The molecule has 5 nitrogen and oxygen atoms in total. The van der Waals surface area contributed by atoms with Gasteiger partial charge in [0, 0.05) is 17.4 Å². The fourth-order valence-corrected chi connectivity index (χ4v) is 2.02. The minimum absolute atomic E-state index is 0.0558. The van der Waals surface area contributed by atoms with E-state index >= 15 is 0 Å². The predicted octanol–water partition coefficient (Wildman–Crippen LogP) is 1.38. The van der Waals surface area contributed by atoms with Crippen molar-refractivity contribution in [3.63, 3.8) is 0 Å². The van der Waals surface area contributed by atoms with Gasteiger partial charge in [-0.15, -0.1) is 0 Å². The number of para-hydroxylation sites is 1. The zero-order valence-corrected chi connectivity index (χ0v) is 9.88. The number of anilines is 1. The van der Waals surface area contributed by atoms with Crippen LogP contribution in [0.5, 0.6) is 5.88 Å². The number of fused-ring (bicyclic) bond motifs is 1. The molecule has 5 heteroatoms. The Morgan fingerprint density at radius 3 is 2.89 bits per heavy atom. The molecule has 0 aliphatic carbocycles. The molecule has 0 fully saturated rings. The van der Waals surface area contributed by atoms with Crippen molar-refractivity contribution in [2.75, 3.05) is 5.73 Å². The first kappa shape index (κ1) is 10.6. The predicted molar refractivity (Wildman–Crippen MR) is 70.5 cm³/mol. The molecule has 0 spiro atoms. The van der Waals surface area contributed by atoms with Crippen molar-refractivity contribution < 1.29 is 9.67 Å². The van der Waals surface area contributed by atoms with E-state index in [1.165, 1.54) is 0 Å². The Hall–Kier alpha value is -2.56. The molecule has 0 saturated carbocycles. The summed E-state index contributed by atoms with van der Waals surface area (Å²) in [5.74, 6) is 0.461. The van der Waals surface area contributed by atoms with Crippen LogP contribution in [-0.4, -0.2) is 16.3 Å². The number of nitrogens with one attached hydrogen (secondary N) is 1. The number of H-pyrrole nitrogens is 1. The average Bonchev–Trinajstić information content (AvgIpc) is 2.87. The normalized spacial score (nSPS) is 15.3. The van der Waals surface area contributed by atoms with Crippen LogP contribution >= 0.6 is 0 Å². The fraction of sp³-hybridized carbons (Fsp3) is 0.0769. The maximum absolute atomic E-state index is 9.78. The Bertz CT molecular complexity index is 682. The number of benzene rings is 1. The molecule has 0 radical (unpaired) electrons. The van der Waals surface area contributed by atoms with E-state index in [1.54, 1.807) is 17.8 Å². The van der Waals surface area contributed by atoms with Crippen LogP contribution in [0.15, 0.2) is 29.3 Å². The van der Waals surface area contributed by atoms with Crippen LogP contribution in [0.2, 0.25) is 0 Å². The van der Waals surface area contributed by atoms with Crippen molar-refractivity contribution in [1.29, 1.82) is 0 Å². The summed E-state index contributed by atoms with van der Waals surface area (Å²) in [6, 6.07) is 7.87. The van der Waals surface area contributed by atoms with Gasteiger partial charge >= 0.3 is 5.95 Å². The number of allylic oxidation sites excluding steroid dienone is 1. The number of nitrogens with zero attached hydrogens (tertiary/aromatic N) is 2. The van der Waals surface area contributed by atoms with Gasteiger partial charge in [-0.05, 0) is 12.1 Å². The van der Waals surface area contributed by atoms with E-state index in [2.05, 4.69) is 9.98 Å². The standard InChI is InChI=1S/C13H12N4O/c1-17-11(12(18)16-13(17)14)6-8-7-15-10-5-3-2-4-9(8)10/h2-7H,1H3,(H3,14,15,16,18)/p+1. The molecule has 4 N–H and O–H groups in total. The van der Waals surface area contributed by atoms with Gasteiger partial charge in [0.05, 0.1) is 12.7 Å².